The molecule has 0 radical (unpaired) electrons. The fourth-order valence-electron chi connectivity index (χ4n) is 1.94. The van der Waals surface area contributed by atoms with E-state index < -0.39 is 12.0 Å². The number of carboxylic acid groups (broad SMARTS) is 1. The molecule has 1 aliphatic rings. The van der Waals surface area contributed by atoms with Gasteiger partial charge in [0.1, 0.15) is 11.9 Å². The lowest BCUT2D eigenvalue weighted by Crippen LogP contribution is -2.46. The lowest BCUT2D eigenvalue weighted by atomic mass is 10.1. The van der Waals surface area contributed by atoms with E-state index >= 15 is 0 Å². The van der Waals surface area contributed by atoms with Gasteiger partial charge in [-0.15, -0.1) is 0 Å². The van der Waals surface area contributed by atoms with Gasteiger partial charge >= 0.3 is 5.97 Å². The van der Waals surface area contributed by atoms with Crippen LogP contribution in [0.15, 0.2) is 22.7 Å². The summed E-state index contributed by atoms with van der Waals surface area (Å²) in [6.07, 6.45) is 0. The van der Waals surface area contributed by atoms with E-state index in [1.807, 2.05) is 11.0 Å². The number of carboxylic acids is 1. The number of thioether (sulfide) groups is 1. The molecule has 18 heavy (non-hydrogen) atoms. The highest BCUT2D eigenvalue weighted by molar-refractivity contribution is 9.10. The van der Waals surface area contributed by atoms with E-state index in [9.17, 15) is 9.18 Å². The fraction of sp³-hybridized carbons (Fsp3) is 0.417. The highest BCUT2D eigenvalue weighted by atomic mass is 79.9. The quantitative estimate of drug-likeness (QED) is 0.923. The van der Waals surface area contributed by atoms with E-state index in [2.05, 4.69) is 15.9 Å². The molecule has 0 amide bonds. The van der Waals surface area contributed by atoms with Crippen molar-refractivity contribution in [2.75, 3.05) is 18.1 Å². The van der Waals surface area contributed by atoms with Gasteiger partial charge in [0.15, 0.2) is 0 Å². The SMILES string of the molecule is O=C(O)C1CSCCN1Cc1cccc(F)c1Br. The third-order valence-electron chi connectivity index (χ3n) is 2.93. The Labute approximate surface area is 117 Å². The molecule has 98 valence electrons. The van der Waals surface area contributed by atoms with Gasteiger partial charge in [-0.1, -0.05) is 12.1 Å². The van der Waals surface area contributed by atoms with Gasteiger partial charge in [0, 0.05) is 24.6 Å². The van der Waals surface area contributed by atoms with Gasteiger partial charge in [0.2, 0.25) is 0 Å². The molecule has 1 atom stereocenters. The first-order valence-electron chi connectivity index (χ1n) is 5.57. The van der Waals surface area contributed by atoms with Crippen LogP contribution < -0.4 is 0 Å². The Morgan fingerprint density at radius 3 is 3.11 bits per heavy atom. The van der Waals surface area contributed by atoms with Crippen molar-refractivity contribution in [3.63, 3.8) is 0 Å². The van der Waals surface area contributed by atoms with Crippen molar-refractivity contribution in [2.45, 2.75) is 12.6 Å². The molecule has 1 fully saturated rings. The average molecular weight is 334 g/mol. The van der Waals surface area contributed by atoms with Crippen molar-refractivity contribution in [3.8, 4) is 0 Å². The first kappa shape index (κ1) is 13.8. The number of nitrogens with zero attached hydrogens (tertiary/aromatic N) is 1. The highest BCUT2D eigenvalue weighted by Crippen LogP contribution is 2.25. The fourth-order valence-corrected chi connectivity index (χ4v) is 3.44. The molecule has 1 N–H and O–H groups in total. The number of benzene rings is 1. The third-order valence-corrected chi connectivity index (χ3v) is 4.84. The minimum Gasteiger partial charge on any atom is -0.480 e. The molecule has 1 aromatic carbocycles. The minimum atomic E-state index is -0.810. The van der Waals surface area contributed by atoms with Gasteiger partial charge in [-0.05, 0) is 27.6 Å². The number of hydrogen-bond acceptors (Lipinski definition) is 3. The molecule has 2 rings (SSSR count). The number of rotatable bonds is 3. The van der Waals surface area contributed by atoms with Crippen LogP contribution in [0.3, 0.4) is 0 Å². The standard InChI is InChI=1S/C12H13BrFNO2S/c13-11-8(2-1-3-9(11)14)6-15-4-5-18-7-10(15)12(16)17/h1-3,10H,4-7H2,(H,16,17). The summed E-state index contributed by atoms with van der Waals surface area (Å²) in [5, 5.41) is 9.17. The van der Waals surface area contributed by atoms with E-state index in [4.69, 9.17) is 5.11 Å². The zero-order valence-electron chi connectivity index (χ0n) is 9.60. The van der Waals surface area contributed by atoms with E-state index in [-0.39, 0.29) is 5.82 Å². The summed E-state index contributed by atoms with van der Waals surface area (Å²) >= 11 is 4.85. The van der Waals surface area contributed by atoms with E-state index in [0.29, 0.717) is 23.3 Å². The van der Waals surface area contributed by atoms with Gasteiger partial charge in [-0.2, -0.15) is 11.8 Å². The van der Waals surface area contributed by atoms with Gasteiger partial charge in [-0.25, -0.2) is 4.39 Å². The molecule has 1 saturated heterocycles. The van der Waals surface area contributed by atoms with Crippen LogP contribution in [0.4, 0.5) is 4.39 Å². The third kappa shape index (κ3) is 3.05. The van der Waals surface area contributed by atoms with Crippen molar-refractivity contribution < 1.29 is 14.3 Å². The topological polar surface area (TPSA) is 40.5 Å². The van der Waals surface area contributed by atoms with Crippen molar-refractivity contribution in [1.82, 2.24) is 4.90 Å². The van der Waals surface area contributed by atoms with Crippen LogP contribution in [0.25, 0.3) is 0 Å². The predicted molar refractivity (Wildman–Crippen MR) is 73.3 cm³/mol. The van der Waals surface area contributed by atoms with Gasteiger partial charge < -0.3 is 5.11 Å². The summed E-state index contributed by atoms with van der Waals surface area (Å²) in [7, 11) is 0. The van der Waals surface area contributed by atoms with Crippen LogP contribution in [-0.2, 0) is 11.3 Å². The molecule has 0 bridgehead atoms. The Kier molecular flexibility index (Phi) is 4.64. The smallest absolute Gasteiger partial charge is 0.321 e. The van der Waals surface area contributed by atoms with E-state index in [0.717, 1.165) is 11.3 Å². The summed E-state index contributed by atoms with van der Waals surface area (Å²) in [5.74, 6) is 0.374. The van der Waals surface area contributed by atoms with Crippen molar-refractivity contribution in [3.05, 3.63) is 34.1 Å². The number of hydrogen-bond donors (Lipinski definition) is 1. The van der Waals surface area contributed by atoms with Crippen molar-refractivity contribution >= 4 is 33.7 Å². The van der Waals surface area contributed by atoms with E-state index in [1.165, 1.54) is 6.07 Å². The van der Waals surface area contributed by atoms with Crippen LogP contribution in [-0.4, -0.2) is 40.1 Å². The second-order valence-electron chi connectivity index (χ2n) is 4.11. The number of halogens is 2. The Morgan fingerprint density at radius 2 is 2.39 bits per heavy atom. The lowest BCUT2D eigenvalue weighted by molar-refractivity contribution is -0.142. The highest BCUT2D eigenvalue weighted by Gasteiger charge is 2.29. The summed E-state index contributed by atoms with van der Waals surface area (Å²) in [6, 6.07) is 4.35. The maximum Gasteiger partial charge on any atom is 0.321 e. The van der Waals surface area contributed by atoms with E-state index in [1.54, 1.807) is 17.8 Å². The number of carbonyl (C=O) groups is 1. The Balaban J connectivity index is 2.16. The second kappa shape index (κ2) is 6.04. The Bertz CT molecular complexity index is 458. The van der Waals surface area contributed by atoms with Crippen LogP contribution in [0.5, 0.6) is 0 Å². The van der Waals surface area contributed by atoms with Crippen LogP contribution in [0.2, 0.25) is 0 Å². The molecule has 1 aliphatic heterocycles. The maximum atomic E-state index is 13.4. The van der Waals surface area contributed by atoms with Crippen LogP contribution in [0, 0.1) is 5.82 Å². The molecule has 0 spiro atoms. The summed E-state index contributed by atoms with van der Waals surface area (Å²) in [5.41, 5.74) is 0.785. The monoisotopic (exact) mass is 333 g/mol. The molecular formula is C12H13BrFNO2S. The lowest BCUT2D eigenvalue weighted by Gasteiger charge is -2.32. The van der Waals surface area contributed by atoms with Crippen molar-refractivity contribution in [2.24, 2.45) is 0 Å². The van der Waals surface area contributed by atoms with Crippen LogP contribution in [0.1, 0.15) is 5.56 Å². The molecular weight excluding hydrogens is 321 g/mol. The zero-order chi connectivity index (χ0) is 13.1. The molecule has 1 aromatic rings. The summed E-state index contributed by atoms with van der Waals surface area (Å²) in [6.45, 7) is 1.17. The Hall–Kier alpha value is -0.590. The largest absolute Gasteiger partial charge is 0.480 e. The normalized spacial score (nSPS) is 20.9. The zero-order valence-corrected chi connectivity index (χ0v) is 12.0. The number of aliphatic carboxylic acids is 1. The van der Waals surface area contributed by atoms with Gasteiger partial charge in [0.25, 0.3) is 0 Å². The predicted octanol–water partition coefficient (Wildman–Crippen LogP) is 2.59. The average Bonchev–Trinajstić information content (AvgIpc) is 2.35. The molecule has 0 aliphatic carbocycles. The maximum absolute atomic E-state index is 13.4. The molecule has 1 heterocycles. The van der Waals surface area contributed by atoms with Gasteiger partial charge in [0.05, 0.1) is 4.47 Å². The second-order valence-corrected chi connectivity index (χ2v) is 6.06. The molecule has 1 unspecified atom stereocenters. The Morgan fingerprint density at radius 1 is 1.61 bits per heavy atom. The molecule has 0 saturated carbocycles. The summed E-state index contributed by atoms with van der Waals surface area (Å²) < 4.78 is 13.8. The summed E-state index contributed by atoms with van der Waals surface area (Å²) in [4.78, 5) is 13.1. The molecule has 3 nitrogen and oxygen atoms in total. The molecule has 0 aromatic heterocycles. The van der Waals surface area contributed by atoms with Crippen LogP contribution >= 0.6 is 27.7 Å². The first-order chi connectivity index (χ1) is 8.59. The minimum absolute atomic E-state index is 0.314. The van der Waals surface area contributed by atoms with Crippen molar-refractivity contribution in [1.29, 1.82) is 0 Å². The van der Waals surface area contributed by atoms with Gasteiger partial charge in [-0.3, -0.25) is 9.69 Å². The molecule has 6 heteroatoms. The first-order valence-corrected chi connectivity index (χ1v) is 7.52.